The lowest BCUT2D eigenvalue weighted by atomic mass is 9.70. The average Bonchev–Trinajstić information content (AvgIpc) is 3.09. The Morgan fingerprint density at radius 1 is 1.06 bits per heavy atom. The Morgan fingerprint density at radius 3 is 2.62 bits per heavy atom. The molecule has 0 radical (unpaired) electrons. The molecule has 0 aliphatic carbocycles. The summed E-state index contributed by atoms with van der Waals surface area (Å²) in [6.45, 7) is 8.46. The fourth-order valence-electron chi connectivity index (χ4n) is 5.32. The van der Waals surface area contributed by atoms with Crippen LogP contribution >= 0.6 is 23.2 Å². The average molecular weight is 497 g/mol. The highest BCUT2D eigenvalue weighted by Gasteiger charge is 2.51. The zero-order chi connectivity index (χ0) is 23.9. The molecule has 0 saturated heterocycles. The van der Waals surface area contributed by atoms with E-state index in [9.17, 15) is 4.79 Å². The van der Waals surface area contributed by atoms with Crippen molar-refractivity contribution in [3.05, 3.63) is 79.2 Å². The second kappa shape index (κ2) is 7.27. The van der Waals surface area contributed by atoms with E-state index >= 15 is 0 Å². The summed E-state index contributed by atoms with van der Waals surface area (Å²) in [5, 5.41) is 6.64. The van der Waals surface area contributed by atoms with Crippen LogP contribution in [0.15, 0.2) is 45.6 Å². The number of rotatable bonds is 1. The van der Waals surface area contributed by atoms with Crippen molar-refractivity contribution in [1.29, 1.82) is 0 Å². The fourth-order valence-corrected chi connectivity index (χ4v) is 5.61. The number of aromatic nitrogens is 2. The Morgan fingerprint density at radius 2 is 1.85 bits per heavy atom. The first-order chi connectivity index (χ1) is 16.2. The monoisotopic (exact) mass is 496 g/mol. The molecule has 2 aromatic carbocycles. The van der Waals surface area contributed by atoms with Crippen molar-refractivity contribution in [2.24, 2.45) is 5.92 Å². The molecule has 8 heteroatoms. The Hall–Kier alpha value is -2.96. The van der Waals surface area contributed by atoms with Gasteiger partial charge < -0.3 is 13.9 Å². The lowest BCUT2D eigenvalue weighted by molar-refractivity contribution is -0.0184. The summed E-state index contributed by atoms with van der Waals surface area (Å²) in [6.07, 6.45) is 0. The normalized spacial score (nSPS) is 20.2. The topological polar surface area (TPSA) is 66.5 Å². The Bertz CT molecular complexity index is 1550. The van der Waals surface area contributed by atoms with E-state index in [1.165, 1.54) is 6.07 Å². The molecular formula is C26H22Cl2N2O4. The maximum absolute atomic E-state index is 12.4. The van der Waals surface area contributed by atoms with Gasteiger partial charge in [0.05, 0.1) is 28.0 Å². The van der Waals surface area contributed by atoms with Gasteiger partial charge in [-0.15, -0.1) is 0 Å². The predicted octanol–water partition coefficient (Wildman–Crippen LogP) is 6.21. The molecular weight excluding hydrogens is 475 g/mol. The third-order valence-electron chi connectivity index (χ3n) is 7.02. The molecule has 2 atom stereocenters. The largest absolute Gasteiger partial charge is 0.493 e. The molecule has 34 heavy (non-hydrogen) atoms. The Balaban J connectivity index is 1.66. The first-order valence-electron chi connectivity index (χ1n) is 11.1. The van der Waals surface area contributed by atoms with Crippen LogP contribution in [0, 0.1) is 19.8 Å². The van der Waals surface area contributed by atoms with Gasteiger partial charge >= 0.3 is 5.63 Å². The molecule has 0 N–H and O–H groups in total. The molecule has 174 valence electrons. The van der Waals surface area contributed by atoms with Crippen molar-refractivity contribution in [2.75, 3.05) is 6.61 Å². The number of aryl methyl sites for hydroxylation is 2. The Labute approximate surface area is 206 Å². The minimum absolute atomic E-state index is 0.0194. The number of halogens is 2. The molecule has 0 amide bonds. The third-order valence-corrected chi connectivity index (χ3v) is 7.76. The van der Waals surface area contributed by atoms with Crippen LogP contribution in [0.3, 0.4) is 0 Å². The second-order valence-corrected chi connectivity index (χ2v) is 10.3. The van der Waals surface area contributed by atoms with Crippen molar-refractivity contribution in [2.45, 2.75) is 39.2 Å². The van der Waals surface area contributed by atoms with Crippen LogP contribution in [0.1, 0.15) is 42.1 Å². The summed E-state index contributed by atoms with van der Waals surface area (Å²) >= 11 is 12.5. The predicted molar refractivity (Wildman–Crippen MR) is 131 cm³/mol. The van der Waals surface area contributed by atoms with E-state index in [4.69, 9.17) is 42.2 Å². The van der Waals surface area contributed by atoms with Gasteiger partial charge in [0, 0.05) is 34.4 Å². The number of benzene rings is 2. The van der Waals surface area contributed by atoms with Crippen LogP contribution in [-0.4, -0.2) is 22.0 Å². The number of hydrogen-bond donors (Lipinski definition) is 0. The van der Waals surface area contributed by atoms with Crippen molar-refractivity contribution >= 4 is 34.2 Å². The molecule has 6 nitrogen and oxygen atoms in total. The van der Waals surface area contributed by atoms with Crippen molar-refractivity contribution in [3.8, 4) is 17.3 Å². The molecule has 2 aliphatic rings. The highest BCUT2D eigenvalue weighted by atomic mass is 35.5. The maximum Gasteiger partial charge on any atom is 0.336 e. The molecule has 0 spiro atoms. The minimum Gasteiger partial charge on any atom is -0.493 e. The molecule has 4 aromatic rings. The number of hydrogen-bond acceptors (Lipinski definition) is 5. The van der Waals surface area contributed by atoms with Crippen molar-refractivity contribution in [1.82, 2.24) is 9.78 Å². The van der Waals surface area contributed by atoms with Gasteiger partial charge in [-0.2, -0.15) is 5.10 Å². The first kappa shape index (κ1) is 21.6. The van der Waals surface area contributed by atoms with E-state index < -0.39 is 5.60 Å². The second-order valence-electron chi connectivity index (χ2n) is 9.52. The summed E-state index contributed by atoms with van der Waals surface area (Å²) in [5.41, 5.74) is 3.86. The van der Waals surface area contributed by atoms with Crippen LogP contribution in [0.25, 0.3) is 16.7 Å². The molecule has 0 unspecified atom stereocenters. The molecule has 0 fully saturated rings. The van der Waals surface area contributed by atoms with Gasteiger partial charge in [0.15, 0.2) is 0 Å². The SMILES string of the molecule is Cc1nn(-c2ccc(Cl)c(Cl)c2)c2c1[C@H]1c3c(ccc4c(C)cc(=O)oc34)OC[C@H]1C(C)(C)O2. The maximum atomic E-state index is 12.4. The van der Waals surface area contributed by atoms with Gasteiger partial charge in [0.25, 0.3) is 0 Å². The molecule has 0 bridgehead atoms. The van der Waals surface area contributed by atoms with E-state index in [0.717, 1.165) is 33.5 Å². The highest BCUT2D eigenvalue weighted by Crippen LogP contribution is 2.55. The highest BCUT2D eigenvalue weighted by molar-refractivity contribution is 6.42. The number of fused-ring (bicyclic) bond motifs is 7. The fraction of sp³-hybridized carbons (Fsp3) is 0.308. The van der Waals surface area contributed by atoms with E-state index in [1.54, 1.807) is 16.8 Å². The standard InChI is InChI=1S/C26H22Cl2N2O4/c1-12-9-20(31)33-24-15(12)6-8-19-23(24)22-16(11-32-19)26(3,4)34-25-21(22)13(2)29-30(25)14-5-7-17(27)18(28)10-14/h5-10,16,22H,11H2,1-4H3/t16-,22+/m1/s1. The Kier molecular flexibility index (Phi) is 4.61. The summed E-state index contributed by atoms with van der Waals surface area (Å²) in [4.78, 5) is 12.4. The molecule has 2 aromatic heterocycles. The minimum atomic E-state index is -0.581. The van der Waals surface area contributed by atoms with E-state index in [-0.39, 0.29) is 17.5 Å². The van der Waals surface area contributed by atoms with Gasteiger partial charge in [-0.05, 0) is 63.6 Å². The summed E-state index contributed by atoms with van der Waals surface area (Å²) < 4.78 is 20.4. The van der Waals surface area contributed by atoms with Gasteiger partial charge in [-0.3, -0.25) is 0 Å². The number of nitrogens with zero attached hydrogens (tertiary/aromatic N) is 2. The molecule has 0 saturated carbocycles. The van der Waals surface area contributed by atoms with E-state index in [0.29, 0.717) is 33.9 Å². The van der Waals surface area contributed by atoms with Crippen LogP contribution in [0.4, 0.5) is 0 Å². The lowest BCUT2D eigenvalue weighted by Crippen LogP contribution is -2.49. The van der Waals surface area contributed by atoms with Crippen LogP contribution in [0.5, 0.6) is 11.6 Å². The number of ether oxygens (including phenoxy) is 2. The molecule has 6 rings (SSSR count). The third kappa shape index (κ3) is 3.01. The van der Waals surface area contributed by atoms with Crippen molar-refractivity contribution in [3.63, 3.8) is 0 Å². The van der Waals surface area contributed by atoms with Crippen molar-refractivity contribution < 1.29 is 13.9 Å². The molecule has 2 aliphatic heterocycles. The van der Waals surface area contributed by atoms with Gasteiger partial charge in [0.1, 0.15) is 16.9 Å². The quantitative estimate of drug-likeness (QED) is 0.293. The van der Waals surface area contributed by atoms with Crippen LogP contribution in [0.2, 0.25) is 10.0 Å². The lowest BCUT2D eigenvalue weighted by Gasteiger charge is -2.46. The summed E-state index contributed by atoms with van der Waals surface area (Å²) in [6, 6.07) is 10.8. The van der Waals surface area contributed by atoms with Gasteiger partial charge in [0.2, 0.25) is 5.88 Å². The molecule has 4 heterocycles. The summed E-state index contributed by atoms with van der Waals surface area (Å²) in [5.74, 6) is 1.21. The van der Waals surface area contributed by atoms with Gasteiger partial charge in [-0.25, -0.2) is 9.48 Å². The first-order valence-corrected chi connectivity index (χ1v) is 11.9. The van der Waals surface area contributed by atoms with E-state index in [1.807, 2.05) is 32.0 Å². The van der Waals surface area contributed by atoms with Crippen LogP contribution in [-0.2, 0) is 0 Å². The van der Waals surface area contributed by atoms with E-state index in [2.05, 4.69) is 13.8 Å². The zero-order valence-electron chi connectivity index (χ0n) is 19.1. The smallest absolute Gasteiger partial charge is 0.336 e. The van der Waals surface area contributed by atoms with Gasteiger partial charge in [-0.1, -0.05) is 23.2 Å². The summed E-state index contributed by atoms with van der Waals surface area (Å²) in [7, 11) is 0. The zero-order valence-corrected chi connectivity index (χ0v) is 20.6. The van der Waals surface area contributed by atoms with Crippen LogP contribution < -0.4 is 15.1 Å².